The topological polar surface area (TPSA) is 66.8 Å². The molecule has 22 heavy (non-hydrogen) atoms. The molecular formula is C17H19NO4. The van der Waals surface area contributed by atoms with Crippen LogP contribution in [0.15, 0.2) is 24.3 Å². The Morgan fingerprint density at radius 1 is 1.50 bits per heavy atom. The number of ketones is 1. The Hall–Kier alpha value is -2.14. The maximum atomic E-state index is 11.6. The number of methoxy groups -OCH3 is 1. The molecule has 0 saturated carbocycles. The van der Waals surface area contributed by atoms with Gasteiger partial charge in [0.2, 0.25) is 0 Å². The van der Waals surface area contributed by atoms with Crippen LogP contribution in [0.1, 0.15) is 17.5 Å². The van der Waals surface area contributed by atoms with Gasteiger partial charge in [-0.15, -0.1) is 0 Å². The van der Waals surface area contributed by atoms with E-state index in [-0.39, 0.29) is 5.78 Å². The number of carbonyl (C=O) groups is 2. The van der Waals surface area contributed by atoms with Gasteiger partial charge in [-0.2, -0.15) is 0 Å². The van der Waals surface area contributed by atoms with Crippen LogP contribution in [-0.4, -0.2) is 48.5 Å². The molecule has 1 aliphatic carbocycles. The second-order valence-electron chi connectivity index (χ2n) is 5.80. The third-order valence-electron chi connectivity index (χ3n) is 4.44. The fourth-order valence-electron chi connectivity index (χ4n) is 3.03. The number of nitrogens with zero attached hydrogens (tertiary/aromatic N) is 1. The summed E-state index contributed by atoms with van der Waals surface area (Å²) in [6, 6.07) is 6.07. The maximum absolute atomic E-state index is 11.6. The number of hydrogen-bond acceptors (Lipinski definition) is 4. The molecule has 1 fully saturated rings. The summed E-state index contributed by atoms with van der Waals surface area (Å²) < 4.78 is 5.24. The molecule has 0 radical (unpaired) electrons. The van der Waals surface area contributed by atoms with Crippen LogP contribution in [0.3, 0.4) is 0 Å². The van der Waals surface area contributed by atoms with E-state index < -0.39 is 11.9 Å². The van der Waals surface area contributed by atoms with Crippen molar-refractivity contribution in [2.24, 2.45) is 5.92 Å². The van der Waals surface area contributed by atoms with Gasteiger partial charge in [0, 0.05) is 26.1 Å². The SMILES string of the molecule is COc1ccc2c(c1)/C(=C\CN1CCC(=O)C(C(=O)O)C1)C2. The average molecular weight is 301 g/mol. The van der Waals surface area contributed by atoms with Crippen LogP contribution >= 0.6 is 0 Å². The van der Waals surface area contributed by atoms with E-state index in [4.69, 9.17) is 9.84 Å². The highest BCUT2D eigenvalue weighted by molar-refractivity contribution is 5.99. The lowest BCUT2D eigenvalue weighted by atomic mass is 9.82. The maximum Gasteiger partial charge on any atom is 0.315 e. The molecule has 1 aliphatic heterocycles. The first kappa shape index (κ1) is 14.8. The summed E-state index contributed by atoms with van der Waals surface area (Å²) in [5.74, 6) is -1.20. The van der Waals surface area contributed by atoms with Gasteiger partial charge in [-0.05, 0) is 35.3 Å². The average Bonchev–Trinajstić information content (AvgIpc) is 2.49. The van der Waals surface area contributed by atoms with Crippen LogP contribution in [0.4, 0.5) is 0 Å². The van der Waals surface area contributed by atoms with Crippen LogP contribution in [-0.2, 0) is 16.0 Å². The van der Waals surface area contributed by atoms with E-state index in [1.54, 1.807) is 7.11 Å². The van der Waals surface area contributed by atoms with E-state index in [9.17, 15) is 9.59 Å². The molecule has 0 aromatic heterocycles. The van der Waals surface area contributed by atoms with Crippen LogP contribution in [0.2, 0.25) is 0 Å². The minimum absolute atomic E-state index is 0.157. The summed E-state index contributed by atoms with van der Waals surface area (Å²) in [5, 5.41) is 9.07. The van der Waals surface area contributed by atoms with Gasteiger partial charge < -0.3 is 9.84 Å². The fraction of sp³-hybridized carbons (Fsp3) is 0.412. The Labute approximate surface area is 129 Å². The zero-order valence-corrected chi connectivity index (χ0v) is 12.5. The molecule has 1 aromatic carbocycles. The van der Waals surface area contributed by atoms with E-state index >= 15 is 0 Å². The summed E-state index contributed by atoms with van der Waals surface area (Å²) in [4.78, 5) is 24.7. The van der Waals surface area contributed by atoms with Crippen molar-refractivity contribution >= 4 is 17.3 Å². The van der Waals surface area contributed by atoms with Crippen molar-refractivity contribution in [3.05, 3.63) is 35.4 Å². The zero-order chi connectivity index (χ0) is 15.7. The number of ether oxygens (including phenoxy) is 1. The lowest BCUT2D eigenvalue weighted by molar-refractivity contribution is -0.148. The van der Waals surface area contributed by atoms with Gasteiger partial charge in [0.15, 0.2) is 0 Å². The summed E-state index contributed by atoms with van der Waals surface area (Å²) in [5.41, 5.74) is 3.78. The normalized spacial score (nSPS) is 23.0. The van der Waals surface area contributed by atoms with E-state index in [2.05, 4.69) is 12.1 Å². The molecule has 0 bridgehead atoms. The largest absolute Gasteiger partial charge is 0.497 e. The Balaban J connectivity index is 1.65. The van der Waals surface area contributed by atoms with Crippen LogP contribution in [0.25, 0.3) is 5.57 Å². The van der Waals surface area contributed by atoms with Crippen LogP contribution in [0.5, 0.6) is 5.75 Å². The number of likely N-dealkylation sites (tertiary alicyclic amines) is 1. The number of allylic oxidation sites excluding steroid dienone is 1. The number of carboxylic acid groups (broad SMARTS) is 1. The quantitative estimate of drug-likeness (QED) is 0.856. The number of carbonyl (C=O) groups excluding carboxylic acids is 1. The molecule has 116 valence electrons. The minimum atomic E-state index is -1.01. The molecule has 1 N–H and O–H groups in total. The number of benzene rings is 1. The second-order valence-corrected chi connectivity index (χ2v) is 5.80. The van der Waals surface area contributed by atoms with Gasteiger partial charge >= 0.3 is 5.97 Å². The predicted octanol–water partition coefficient (Wildman–Crippen LogP) is 1.61. The summed E-state index contributed by atoms with van der Waals surface area (Å²) >= 11 is 0. The monoisotopic (exact) mass is 301 g/mol. The molecule has 1 aromatic rings. The second kappa shape index (κ2) is 5.93. The smallest absolute Gasteiger partial charge is 0.315 e. The minimum Gasteiger partial charge on any atom is -0.497 e. The van der Waals surface area contributed by atoms with Crippen LogP contribution < -0.4 is 4.74 Å². The Morgan fingerprint density at radius 2 is 2.32 bits per heavy atom. The summed E-state index contributed by atoms with van der Waals surface area (Å²) in [6.45, 7) is 1.63. The molecule has 1 saturated heterocycles. The highest BCUT2D eigenvalue weighted by Gasteiger charge is 2.32. The molecule has 3 rings (SSSR count). The van der Waals surface area contributed by atoms with Gasteiger partial charge in [-0.3, -0.25) is 14.5 Å². The first-order valence-corrected chi connectivity index (χ1v) is 7.42. The van der Waals surface area contributed by atoms with E-state index in [0.29, 0.717) is 26.1 Å². The number of hydrogen-bond donors (Lipinski definition) is 1. The van der Waals surface area contributed by atoms with E-state index in [1.165, 1.54) is 16.7 Å². The molecular weight excluding hydrogens is 282 g/mol. The molecule has 1 atom stereocenters. The first-order valence-electron chi connectivity index (χ1n) is 7.42. The molecule has 2 aliphatic rings. The van der Waals surface area contributed by atoms with Gasteiger partial charge in [-0.1, -0.05) is 12.1 Å². The Kier molecular flexibility index (Phi) is 3.98. The summed E-state index contributed by atoms with van der Waals surface area (Å²) in [7, 11) is 1.65. The highest BCUT2D eigenvalue weighted by Crippen LogP contribution is 2.36. The Morgan fingerprint density at radius 3 is 3.05 bits per heavy atom. The number of aliphatic carboxylic acids is 1. The van der Waals surface area contributed by atoms with Gasteiger partial charge in [-0.25, -0.2) is 0 Å². The third kappa shape index (κ3) is 2.76. The van der Waals surface area contributed by atoms with Gasteiger partial charge in [0.25, 0.3) is 0 Å². The van der Waals surface area contributed by atoms with Gasteiger partial charge in [0.1, 0.15) is 17.5 Å². The molecule has 5 heteroatoms. The predicted molar refractivity (Wildman–Crippen MR) is 81.9 cm³/mol. The molecule has 0 amide bonds. The number of Topliss-reactive ketones (excluding diaryl/α,β-unsaturated/α-hetero) is 1. The number of carboxylic acids is 1. The standard InChI is InChI=1S/C17H19NO4/c1-22-13-3-2-11-8-12(14(11)9-13)4-6-18-7-5-16(19)15(10-18)17(20)21/h2-4,9,15H,5-8,10H2,1H3,(H,20,21)/b12-4-. The number of fused-ring (bicyclic) bond motifs is 1. The molecule has 1 unspecified atom stereocenters. The van der Waals surface area contributed by atoms with Crippen molar-refractivity contribution in [2.75, 3.05) is 26.7 Å². The van der Waals surface area contributed by atoms with Crippen LogP contribution in [0, 0.1) is 5.92 Å². The Bertz CT molecular complexity index is 650. The molecule has 0 spiro atoms. The van der Waals surface area contributed by atoms with Crippen molar-refractivity contribution in [1.29, 1.82) is 0 Å². The molecule has 5 nitrogen and oxygen atoms in total. The zero-order valence-electron chi connectivity index (χ0n) is 12.5. The van der Waals surface area contributed by atoms with Crippen molar-refractivity contribution in [1.82, 2.24) is 4.90 Å². The number of piperidine rings is 1. The third-order valence-corrected chi connectivity index (χ3v) is 4.44. The van der Waals surface area contributed by atoms with Crippen molar-refractivity contribution in [3.63, 3.8) is 0 Å². The van der Waals surface area contributed by atoms with Crippen molar-refractivity contribution < 1.29 is 19.4 Å². The molecule has 1 heterocycles. The lowest BCUT2D eigenvalue weighted by Gasteiger charge is -2.30. The van der Waals surface area contributed by atoms with Crippen molar-refractivity contribution in [3.8, 4) is 5.75 Å². The first-order chi connectivity index (χ1) is 10.6. The number of rotatable bonds is 4. The lowest BCUT2D eigenvalue weighted by Crippen LogP contribution is -2.44. The van der Waals surface area contributed by atoms with Gasteiger partial charge in [0.05, 0.1) is 7.11 Å². The summed E-state index contributed by atoms with van der Waals surface area (Å²) in [6.07, 6.45) is 3.40. The van der Waals surface area contributed by atoms with Crippen molar-refractivity contribution in [2.45, 2.75) is 12.8 Å². The van der Waals surface area contributed by atoms with E-state index in [1.807, 2.05) is 17.0 Å². The fourth-order valence-corrected chi connectivity index (χ4v) is 3.03. The highest BCUT2D eigenvalue weighted by atomic mass is 16.5. The van der Waals surface area contributed by atoms with E-state index in [0.717, 1.165) is 12.2 Å².